The third-order valence-electron chi connectivity index (χ3n) is 7.87. The lowest BCUT2D eigenvalue weighted by atomic mass is 9.84. The molecule has 2 aromatic rings. The van der Waals surface area contributed by atoms with E-state index in [0.717, 1.165) is 45.3 Å². The third-order valence-corrected chi connectivity index (χ3v) is 8.45. The molecule has 3 fully saturated rings. The van der Waals surface area contributed by atoms with Gasteiger partial charge in [-0.2, -0.15) is 4.68 Å². The van der Waals surface area contributed by atoms with Crippen molar-refractivity contribution in [3.8, 4) is 0 Å². The van der Waals surface area contributed by atoms with Crippen LogP contribution in [-0.2, 0) is 16.6 Å². The van der Waals surface area contributed by atoms with Gasteiger partial charge >= 0.3 is 6.03 Å². The highest BCUT2D eigenvalue weighted by Crippen LogP contribution is 2.40. The van der Waals surface area contributed by atoms with Crippen molar-refractivity contribution in [1.82, 2.24) is 19.6 Å². The number of sulfonamides is 1. The minimum absolute atomic E-state index is 0.141. The Labute approximate surface area is 208 Å². The maximum Gasteiger partial charge on any atom is 0.344 e. The first-order chi connectivity index (χ1) is 16.7. The summed E-state index contributed by atoms with van der Waals surface area (Å²) in [6, 6.07) is 8.23. The first kappa shape index (κ1) is 24.1. The first-order valence-electron chi connectivity index (χ1n) is 12.6. The number of hydrogen-bond acceptors (Lipinski definition) is 6. The lowest BCUT2D eigenvalue weighted by molar-refractivity contribution is 0.0585. The highest BCUT2D eigenvalue weighted by molar-refractivity contribution is 7.92. The van der Waals surface area contributed by atoms with Crippen LogP contribution in [0.2, 0.25) is 0 Å². The number of carbonyl (C=O) groups excluding carboxylic acids is 1. The number of benzene rings is 1. The molecule has 3 aliphatic rings. The van der Waals surface area contributed by atoms with Crippen molar-refractivity contribution in [3.05, 3.63) is 41.6 Å². The molecule has 1 spiro atoms. The zero-order valence-electron chi connectivity index (χ0n) is 20.7. The molecule has 190 valence electrons. The number of hydrogen-bond donors (Lipinski definition) is 1. The topological polar surface area (TPSA) is 90.8 Å². The van der Waals surface area contributed by atoms with Gasteiger partial charge in [0.05, 0.1) is 6.26 Å². The van der Waals surface area contributed by atoms with Crippen LogP contribution in [0.3, 0.4) is 0 Å². The number of aryl methyl sites for hydroxylation is 1. The Kier molecular flexibility index (Phi) is 6.52. The molecule has 1 amide bonds. The Morgan fingerprint density at radius 3 is 2.49 bits per heavy atom. The second-order valence-corrected chi connectivity index (χ2v) is 12.1. The first-order valence-corrected chi connectivity index (χ1v) is 14.5. The van der Waals surface area contributed by atoms with Crippen LogP contribution in [0.4, 0.5) is 16.3 Å². The van der Waals surface area contributed by atoms with E-state index in [2.05, 4.69) is 44.7 Å². The van der Waals surface area contributed by atoms with Crippen LogP contribution in [0, 0.1) is 6.92 Å². The van der Waals surface area contributed by atoms with Crippen LogP contribution < -0.4 is 9.62 Å². The summed E-state index contributed by atoms with van der Waals surface area (Å²) >= 11 is 0. The molecule has 1 aromatic heterocycles. The van der Waals surface area contributed by atoms with Crippen molar-refractivity contribution in [2.45, 2.75) is 57.5 Å². The Morgan fingerprint density at radius 2 is 1.77 bits per heavy atom. The zero-order valence-corrected chi connectivity index (χ0v) is 21.6. The van der Waals surface area contributed by atoms with Gasteiger partial charge in [0.25, 0.3) is 0 Å². The minimum atomic E-state index is -3.43. The number of likely N-dealkylation sites (tertiary alicyclic amines) is 2. The molecule has 0 unspecified atom stereocenters. The maximum atomic E-state index is 13.0. The summed E-state index contributed by atoms with van der Waals surface area (Å²) in [7, 11) is -3.43. The molecule has 5 rings (SSSR count). The monoisotopic (exact) mass is 500 g/mol. The van der Waals surface area contributed by atoms with Gasteiger partial charge in [0.2, 0.25) is 10.0 Å². The van der Waals surface area contributed by atoms with Gasteiger partial charge in [-0.25, -0.2) is 13.2 Å². The number of nitrogens with zero attached hydrogens (tertiary/aromatic N) is 5. The molecule has 1 N–H and O–H groups in total. The van der Waals surface area contributed by atoms with E-state index in [9.17, 15) is 13.2 Å². The van der Waals surface area contributed by atoms with Gasteiger partial charge in [-0.1, -0.05) is 12.1 Å². The van der Waals surface area contributed by atoms with Gasteiger partial charge in [0.15, 0.2) is 5.82 Å². The van der Waals surface area contributed by atoms with Gasteiger partial charge < -0.3 is 9.80 Å². The molecule has 0 atom stereocenters. The molecule has 35 heavy (non-hydrogen) atoms. The molecule has 0 bridgehead atoms. The second kappa shape index (κ2) is 9.46. The fourth-order valence-corrected chi connectivity index (χ4v) is 6.50. The predicted octanol–water partition coefficient (Wildman–Crippen LogP) is 3.26. The van der Waals surface area contributed by atoms with Gasteiger partial charge in [-0.05, 0) is 69.2 Å². The Hall–Kier alpha value is -2.59. The lowest BCUT2D eigenvalue weighted by Gasteiger charge is -2.45. The number of rotatable bonds is 5. The molecule has 4 heterocycles. The van der Waals surface area contributed by atoms with E-state index in [0.29, 0.717) is 13.1 Å². The number of carbonyl (C=O) groups is 1. The fourth-order valence-electron chi connectivity index (χ4n) is 6.01. The van der Waals surface area contributed by atoms with E-state index in [-0.39, 0.29) is 17.4 Å². The van der Waals surface area contributed by atoms with E-state index >= 15 is 0 Å². The van der Waals surface area contributed by atoms with Gasteiger partial charge in [-0.3, -0.25) is 9.62 Å². The van der Waals surface area contributed by atoms with Crippen LogP contribution in [0.1, 0.15) is 49.7 Å². The molecule has 3 saturated heterocycles. The molecule has 3 aliphatic heterocycles. The third kappa shape index (κ3) is 5.18. The standard InChI is InChI=1S/C25H36N6O3S/c1-20-6-7-21(18-22(20)28-12-3-4-13-28)19-30-14-5-9-25(30)10-16-29(17-11-25)24(32)31-15-8-23(26-31)27-35(2,33)34/h6-8,15,18H,3-5,9-14,16-17,19H2,1-2H3,(H,26,27). The average molecular weight is 501 g/mol. The summed E-state index contributed by atoms with van der Waals surface area (Å²) in [6.45, 7) is 7.93. The summed E-state index contributed by atoms with van der Waals surface area (Å²) in [5.74, 6) is 0.155. The Morgan fingerprint density at radius 1 is 1.03 bits per heavy atom. The van der Waals surface area contributed by atoms with Crippen LogP contribution >= 0.6 is 0 Å². The van der Waals surface area contributed by atoms with Crippen molar-refractivity contribution in [3.63, 3.8) is 0 Å². The van der Waals surface area contributed by atoms with Crippen LogP contribution in [-0.4, -0.2) is 78.5 Å². The largest absolute Gasteiger partial charge is 0.371 e. The number of aromatic nitrogens is 2. The quantitative estimate of drug-likeness (QED) is 0.678. The van der Waals surface area contributed by atoms with Crippen LogP contribution in [0.15, 0.2) is 30.5 Å². The van der Waals surface area contributed by atoms with E-state index in [1.54, 1.807) is 0 Å². The van der Waals surface area contributed by atoms with Gasteiger partial charge in [-0.15, -0.1) is 5.10 Å². The molecular formula is C25H36N6O3S. The van der Waals surface area contributed by atoms with Gasteiger partial charge in [0.1, 0.15) is 0 Å². The average Bonchev–Trinajstić information content (AvgIpc) is 3.57. The zero-order chi connectivity index (χ0) is 24.6. The van der Waals surface area contributed by atoms with Crippen molar-refractivity contribution < 1.29 is 13.2 Å². The van der Waals surface area contributed by atoms with Crippen molar-refractivity contribution in [2.75, 3.05) is 48.6 Å². The fraction of sp³-hybridized carbons (Fsp3) is 0.600. The Bertz CT molecular complexity index is 1180. The summed E-state index contributed by atoms with van der Waals surface area (Å²) < 4.78 is 26.4. The number of amides is 1. The summed E-state index contributed by atoms with van der Waals surface area (Å²) in [5, 5.41) is 4.10. The predicted molar refractivity (Wildman–Crippen MR) is 137 cm³/mol. The second-order valence-electron chi connectivity index (χ2n) is 10.4. The van der Waals surface area contributed by atoms with E-state index in [4.69, 9.17) is 0 Å². The minimum Gasteiger partial charge on any atom is -0.371 e. The number of anilines is 2. The van der Waals surface area contributed by atoms with Crippen molar-refractivity contribution in [1.29, 1.82) is 0 Å². The summed E-state index contributed by atoms with van der Waals surface area (Å²) in [6.07, 6.45) is 9.39. The molecular weight excluding hydrogens is 464 g/mol. The molecule has 0 aliphatic carbocycles. The highest BCUT2D eigenvalue weighted by atomic mass is 32.2. The van der Waals surface area contributed by atoms with E-state index < -0.39 is 10.0 Å². The van der Waals surface area contributed by atoms with Gasteiger partial charge in [0, 0.05) is 56.2 Å². The van der Waals surface area contributed by atoms with E-state index in [1.807, 2.05) is 4.90 Å². The Balaban J connectivity index is 1.23. The van der Waals surface area contributed by atoms with Crippen molar-refractivity contribution >= 4 is 27.6 Å². The lowest BCUT2D eigenvalue weighted by Crippen LogP contribution is -2.53. The molecule has 10 heteroatoms. The molecule has 1 aromatic carbocycles. The van der Waals surface area contributed by atoms with Crippen molar-refractivity contribution in [2.24, 2.45) is 0 Å². The van der Waals surface area contributed by atoms with Crippen LogP contribution in [0.25, 0.3) is 0 Å². The molecule has 9 nitrogen and oxygen atoms in total. The highest BCUT2D eigenvalue weighted by Gasteiger charge is 2.43. The molecule has 0 saturated carbocycles. The van der Waals surface area contributed by atoms with Crippen LogP contribution in [0.5, 0.6) is 0 Å². The SMILES string of the molecule is Cc1ccc(CN2CCCC23CCN(C(=O)n2ccc(NS(C)(=O)=O)n2)CC3)cc1N1CCCC1. The number of piperidine rings is 1. The molecule has 0 radical (unpaired) electrons. The summed E-state index contributed by atoms with van der Waals surface area (Å²) in [4.78, 5) is 20.0. The normalized spacial score (nSPS) is 20.6. The number of nitrogens with one attached hydrogen (secondary N) is 1. The summed E-state index contributed by atoms with van der Waals surface area (Å²) in [5.41, 5.74) is 4.26. The smallest absolute Gasteiger partial charge is 0.344 e. The maximum absolute atomic E-state index is 13.0. The van der Waals surface area contributed by atoms with E-state index in [1.165, 1.54) is 59.4 Å².